The van der Waals surface area contributed by atoms with Crippen LogP contribution in [0.3, 0.4) is 0 Å². The summed E-state index contributed by atoms with van der Waals surface area (Å²) in [5, 5.41) is 11.6. The molecule has 0 unspecified atom stereocenters. The number of rotatable bonds is 6. The minimum Gasteiger partial charge on any atom is -0.308 e. The van der Waals surface area contributed by atoms with Gasteiger partial charge in [0.2, 0.25) is 0 Å². The molecule has 0 atom stereocenters. The smallest absolute Gasteiger partial charge is 0.270 e. The molecule has 8 heteroatoms. The zero-order valence-corrected chi connectivity index (χ0v) is 16.2. The van der Waals surface area contributed by atoms with Crippen molar-refractivity contribution in [1.82, 2.24) is 9.88 Å². The number of nitrogens with zero attached hydrogens (tertiary/aromatic N) is 4. The monoisotopic (exact) mass is 384 g/mol. The molecule has 0 fully saturated rings. The molecule has 27 heavy (non-hydrogen) atoms. The van der Waals surface area contributed by atoms with E-state index in [0.717, 1.165) is 15.8 Å². The lowest BCUT2D eigenvalue weighted by molar-refractivity contribution is -0.384. The fourth-order valence-electron chi connectivity index (χ4n) is 2.63. The van der Waals surface area contributed by atoms with Gasteiger partial charge in [-0.15, -0.1) is 0 Å². The predicted molar refractivity (Wildman–Crippen MR) is 108 cm³/mol. The number of carbonyl (C=O) groups is 1. The van der Waals surface area contributed by atoms with Gasteiger partial charge < -0.3 is 4.90 Å². The summed E-state index contributed by atoms with van der Waals surface area (Å²) in [6.45, 7) is 3.10. The van der Waals surface area contributed by atoms with E-state index in [2.05, 4.69) is 4.98 Å². The maximum Gasteiger partial charge on any atom is 0.270 e. The second-order valence-corrected chi connectivity index (χ2v) is 7.54. The number of aryl methyl sites for hydroxylation is 1. The summed E-state index contributed by atoms with van der Waals surface area (Å²) in [6, 6.07) is 11.8. The molecule has 140 valence electrons. The first-order chi connectivity index (χ1) is 12.8. The lowest BCUT2D eigenvalue weighted by Crippen LogP contribution is -2.36. The molecule has 0 aliphatic rings. The van der Waals surface area contributed by atoms with Crippen LogP contribution >= 0.6 is 11.3 Å². The Morgan fingerprint density at radius 2 is 1.96 bits per heavy atom. The number of hydrogen-bond acceptors (Lipinski definition) is 6. The normalized spacial score (nSPS) is 11.1. The van der Waals surface area contributed by atoms with E-state index < -0.39 is 4.92 Å². The largest absolute Gasteiger partial charge is 0.308 e. The Morgan fingerprint density at radius 3 is 2.67 bits per heavy atom. The van der Waals surface area contributed by atoms with Gasteiger partial charge in [-0.1, -0.05) is 23.5 Å². The van der Waals surface area contributed by atoms with Crippen molar-refractivity contribution in [2.45, 2.75) is 6.92 Å². The number of anilines is 1. The number of thiazole rings is 1. The summed E-state index contributed by atoms with van der Waals surface area (Å²) in [5.74, 6) is -0.295. The maximum absolute atomic E-state index is 13.1. The summed E-state index contributed by atoms with van der Waals surface area (Å²) in [6.07, 6.45) is 0. The Balaban J connectivity index is 2.00. The van der Waals surface area contributed by atoms with Gasteiger partial charge in [0.25, 0.3) is 11.6 Å². The number of non-ortho nitro benzene ring substituents is 1. The highest BCUT2D eigenvalue weighted by atomic mass is 32.1. The van der Waals surface area contributed by atoms with Crippen LogP contribution < -0.4 is 4.90 Å². The zero-order chi connectivity index (χ0) is 19.6. The third-order valence-corrected chi connectivity index (χ3v) is 5.12. The van der Waals surface area contributed by atoms with Crippen LogP contribution in [0.4, 0.5) is 10.8 Å². The second-order valence-electron chi connectivity index (χ2n) is 6.54. The van der Waals surface area contributed by atoms with Crippen molar-refractivity contribution >= 4 is 38.3 Å². The van der Waals surface area contributed by atoms with Gasteiger partial charge in [0.15, 0.2) is 5.13 Å². The van der Waals surface area contributed by atoms with E-state index >= 15 is 0 Å². The number of fused-ring (bicyclic) bond motifs is 1. The first-order valence-electron chi connectivity index (χ1n) is 8.43. The molecular weight excluding hydrogens is 364 g/mol. The SMILES string of the molecule is Cc1ccc2nc(N(CCN(C)C)C(=O)c3cccc([N+](=O)[O-])c3)sc2c1. The van der Waals surface area contributed by atoms with Crippen molar-refractivity contribution in [2.24, 2.45) is 0 Å². The number of benzene rings is 2. The van der Waals surface area contributed by atoms with Gasteiger partial charge in [0.1, 0.15) is 0 Å². The number of likely N-dealkylation sites (N-methyl/N-ethyl adjacent to an activating group) is 1. The van der Waals surface area contributed by atoms with Crippen LogP contribution in [0, 0.1) is 17.0 Å². The third-order valence-electron chi connectivity index (χ3n) is 4.08. The molecule has 0 aliphatic carbocycles. The molecule has 3 rings (SSSR count). The number of nitro benzene ring substituents is 1. The highest BCUT2D eigenvalue weighted by Crippen LogP contribution is 2.30. The quantitative estimate of drug-likeness (QED) is 0.478. The molecular formula is C19H20N4O3S. The Hall–Kier alpha value is -2.84. The van der Waals surface area contributed by atoms with Crippen LogP contribution in [0.5, 0.6) is 0 Å². The Labute approximate surface area is 161 Å². The van der Waals surface area contributed by atoms with Crippen molar-refractivity contribution in [2.75, 3.05) is 32.1 Å². The maximum atomic E-state index is 13.1. The number of nitro groups is 1. The summed E-state index contributed by atoms with van der Waals surface area (Å²) < 4.78 is 1.01. The first-order valence-corrected chi connectivity index (χ1v) is 9.25. The number of aromatic nitrogens is 1. The van der Waals surface area contributed by atoms with E-state index in [1.54, 1.807) is 11.0 Å². The molecule has 1 amide bonds. The van der Waals surface area contributed by atoms with Crippen LogP contribution in [-0.4, -0.2) is 47.9 Å². The Bertz CT molecular complexity index is 1000. The van der Waals surface area contributed by atoms with Crippen LogP contribution in [0.1, 0.15) is 15.9 Å². The van der Waals surface area contributed by atoms with Crippen molar-refractivity contribution in [3.8, 4) is 0 Å². The minimum absolute atomic E-state index is 0.103. The van der Waals surface area contributed by atoms with Crippen molar-refractivity contribution in [3.05, 3.63) is 63.7 Å². The predicted octanol–water partition coefficient (Wildman–Crippen LogP) is 3.72. The molecule has 0 saturated carbocycles. The van der Waals surface area contributed by atoms with Gasteiger partial charge >= 0.3 is 0 Å². The first kappa shape index (κ1) is 18.9. The Morgan fingerprint density at radius 1 is 1.19 bits per heavy atom. The number of amides is 1. The molecule has 0 aliphatic heterocycles. The molecule has 0 saturated heterocycles. The fraction of sp³-hybridized carbons (Fsp3) is 0.263. The number of carbonyl (C=O) groups excluding carboxylic acids is 1. The zero-order valence-electron chi connectivity index (χ0n) is 15.4. The van der Waals surface area contributed by atoms with Crippen LogP contribution in [-0.2, 0) is 0 Å². The van der Waals surface area contributed by atoms with E-state index in [9.17, 15) is 14.9 Å². The molecule has 0 bridgehead atoms. The van der Waals surface area contributed by atoms with E-state index in [1.807, 2.05) is 44.1 Å². The lowest BCUT2D eigenvalue weighted by Gasteiger charge is -2.22. The molecule has 7 nitrogen and oxygen atoms in total. The van der Waals surface area contributed by atoms with Gasteiger partial charge in [-0.3, -0.25) is 19.8 Å². The summed E-state index contributed by atoms with van der Waals surface area (Å²) in [4.78, 5) is 31.9. The van der Waals surface area contributed by atoms with Crippen molar-refractivity contribution in [1.29, 1.82) is 0 Å². The fourth-order valence-corrected chi connectivity index (χ4v) is 3.72. The van der Waals surface area contributed by atoms with Gasteiger partial charge in [-0.05, 0) is 44.8 Å². The minimum atomic E-state index is -0.499. The number of hydrogen-bond donors (Lipinski definition) is 0. The Kier molecular flexibility index (Phi) is 5.48. The van der Waals surface area contributed by atoms with Crippen molar-refractivity contribution in [3.63, 3.8) is 0 Å². The van der Waals surface area contributed by atoms with Crippen molar-refractivity contribution < 1.29 is 9.72 Å². The van der Waals surface area contributed by atoms with Crippen LogP contribution in [0.25, 0.3) is 10.2 Å². The average molecular weight is 384 g/mol. The molecule has 0 radical (unpaired) electrons. The highest BCUT2D eigenvalue weighted by Gasteiger charge is 2.23. The van der Waals surface area contributed by atoms with Gasteiger partial charge in [0, 0.05) is 30.8 Å². The van der Waals surface area contributed by atoms with E-state index in [1.165, 1.54) is 29.5 Å². The summed E-state index contributed by atoms with van der Waals surface area (Å²) in [7, 11) is 3.86. The average Bonchev–Trinajstić information content (AvgIpc) is 3.04. The molecule has 0 spiro atoms. The summed E-state index contributed by atoms with van der Waals surface area (Å²) in [5.41, 5.74) is 2.14. The van der Waals surface area contributed by atoms with Crippen LogP contribution in [0.2, 0.25) is 0 Å². The molecule has 0 N–H and O–H groups in total. The molecule has 3 aromatic rings. The molecule has 2 aromatic carbocycles. The van der Waals surface area contributed by atoms with E-state index in [4.69, 9.17) is 0 Å². The molecule has 1 aromatic heterocycles. The summed E-state index contributed by atoms with van der Waals surface area (Å²) >= 11 is 1.45. The van der Waals surface area contributed by atoms with Gasteiger partial charge in [-0.2, -0.15) is 0 Å². The molecule has 1 heterocycles. The topological polar surface area (TPSA) is 79.6 Å². The second kappa shape index (κ2) is 7.81. The van der Waals surface area contributed by atoms with Crippen LogP contribution in [0.15, 0.2) is 42.5 Å². The third kappa shape index (κ3) is 4.29. The standard InChI is InChI=1S/C19H20N4O3S/c1-13-7-8-16-17(11-13)27-19(20-16)22(10-9-21(2)3)18(24)14-5-4-6-15(12-14)23(25)26/h4-8,11-12H,9-10H2,1-3H3. The highest BCUT2D eigenvalue weighted by molar-refractivity contribution is 7.22. The van der Waals surface area contributed by atoms with Gasteiger partial charge in [-0.25, -0.2) is 4.98 Å². The van der Waals surface area contributed by atoms with Gasteiger partial charge in [0.05, 0.1) is 15.1 Å². The van der Waals surface area contributed by atoms with E-state index in [-0.39, 0.29) is 17.2 Å². The lowest BCUT2D eigenvalue weighted by atomic mass is 10.2. The van der Waals surface area contributed by atoms with E-state index in [0.29, 0.717) is 18.2 Å².